The molecular formula is C27H24N4O2S. The topological polar surface area (TPSA) is 74.0 Å². The Morgan fingerprint density at radius 3 is 2.85 bits per heavy atom. The van der Waals surface area contributed by atoms with Crippen LogP contribution in [0.2, 0.25) is 0 Å². The lowest BCUT2D eigenvalue weighted by Gasteiger charge is -2.27. The smallest absolute Gasteiger partial charge is 0.255 e. The fourth-order valence-corrected chi connectivity index (χ4v) is 5.18. The van der Waals surface area contributed by atoms with Gasteiger partial charge in [0.25, 0.3) is 5.56 Å². The number of nitrogens with zero attached hydrogens (tertiary/aromatic N) is 2. The van der Waals surface area contributed by atoms with Crippen molar-refractivity contribution in [2.45, 2.75) is 26.1 Å². The first-order valence-corrected chi connectivity index (χ1v) is 12.3. The van der Waals surface area contributed by atoms with E-state index in [1.807, 2.05) is 41.8 Å². The van der Waals surface area contributed by atoms with Gasteiger partial charge in [-0.3, -0.25) is 9.69 Å². The highest BCUT2D eigenvalue weighted by Gasteiger charge is 2.22. The second-order valence-corrected chi connectivity index (χ2v) is 9.52. The van der Waals surface area contributed by atoms with Crippen molar-refractivity contribution in [3.63, 3.8) is 0 Å². The molecule has 0 amide bonds. The molecule has 6 nitrogen and oxygen atoms in total. The molecule has 2 aromatic carbocycles. The maximum absolute atomic E-state index is 12.8. The van der Waals surface area contributed by atoms with E-state index in [0.717, 1.165) is 57.9 Å². The number of ether oxygens (including phenoxy) is 1. The zero-order chi connectivity index (χ0) is 22.9. The van der Waals surface area contributed by atoms with E-state index in [4.69, 9.17) is 9.72 Å². The largest absolute Gasteiger partial charge is 0.489 e. The molecule has 3 aromatic heterocycles. The Balaban J connectivity index is 1.20. The van der Waals surface area contributed by atoms with Gasteiger partial charge >= 0.3 is 0 Å². The van der Waals surface area contributed by atoms with Crippen molar-refractivity contribution in [1.82, 2.24) is 19.9 Å². The molecule has 7 heteroatoms. The van der Waals surface area contributed by atoms with Gasteiger partial charge in [-0.15, -0.1) is 11.3 Å². The standard InChI is InChI=1S/C27H24N4O2S/c32-27-22-16-31(11-10-24(22)29-26(30-27)25-7-4-12-34-25)15-19-14-28-23-9-8-20(13-21(19)23)33-17-18-5-2-1-3-6-18/h1-9,12-14,28H,10-11,15-17H2,(H,29,30,32). The predicted molar refractivity (Wildman–Crippen MR) is 135 cm³/mol. The molecule has 0 bridgehead atoms. The summed E-state index contributed by atoms with van der Waals surface area (Å²) in [6, 6.07) is 20.3. The highest BCUT2D eigenvalue weighted by molar-refractivity contribution is 7.13. The highest BCUT2D eigenvalue weighted by Crippen LogP contribution is 2.27. The number of H-pyrrole nitrogens is 2. The summed E-state index contributed by atoms with van der Waals surface area (Å²) in [5.41, 5.74) is 5.08. The Morgan fingerprint density at radius 2 is 2.00 bits per heavy atom. The Bertz CT molecular complexity index is 1490. The lowest BCUT2D eigenvalue weighted by Crippen LogP contribution is -2.35. The van der Waals surface area contributed by atoms with Gasteiger partial charge in [0.2, 0.25) is 0 Å². The monoisotopic (exact) mass is 468 g/mol. The summed E-state index contributed by atoms with van der Waals surface area (Å²) in [5.74, 6) is 1.52. The number of rotatable bonds is 6. The Labute approximate surface area is 200 Å². The first-order valence-electron chi connectivity index (χ1n) is 11.4. The molecule has 4 heterocycles. The van der Waals surface area contributed by atoms with Gasteiger partial charge in [-0.1, -0.05) is 36.4 Å². The third-order valence-corrected chi connectivity index (χ3v) is 7.16. The third-order valence-electron chi connectivity index (χ3n) is 6.28. The van der Waals surface area contributed by atoms with Gasteiger partial charge in [0.1, 0.15) is 12.4 Å². The molecular weight excluding hydrogens is 444 g/mol. The van der Waals surface area contributed by atoms with Crippen molar-refractivity contribution in [3.8, 4) is 16.5 Å². The van der Waals surface area contributed by atoms with Crippen LogP contribution in [0.1, 0.15) is 22.4 Å². The molecule has 1 aliphatic heterocycles. The molecule has 0 aliphatic carbocycles. The Morgan fingerprint density at radius 1 is 1.09 bits per heavy atom. The van der Waals surface area contributed by atoms with Crippen LogP contribution in [0.3, 0.4) is 0 Å². The minimum atomic E-state index is -0.0337. The minimum Gasteiger partial charge on any atom is -0.489 e. The Kier molecular flexibility index (Phi) is 5.49. The summed E-state index contributed by atoms with van der Waals surface area (Å²) in [4.78, 5) is 27.2. The normalized spacial score (nSPS) is 13.8. The second-order valence-electron chi connectivity index (χ2n) is 8.57. The first kappa shape index (κ1) is 20.9. The number of hydrogen-bond donors (Lipinski definition) is 2. The second kappa shape index (κ2) is 8.93. The van der Waals surface area contributed by atoms with Gasteiger partial charge in [-0.25, -0.2) is 4.98 Å². The predicted octanol–water partition coefficient (Wildman–Crippen LogP) is 5.12. The number of benzene rings is 2. The van der Waals surface area contributed by atoms with Crippen LogP contribution in [0.15, 0.2) is 77.0 Å². The lowest BCUT2D eigenvalue weighted by atomic mass is 10.1. The molecule has 0 unspecified atom stereocenters. The van der Waals surface area contributed by atoms with Crippen LogP contribution in [-0.4, -0.2) is 26.4 Å². The first-order chi connectivity index (χ1) is 16.7. The van der Waals surface area contributed by atoms with Crippen molar-refractivity contribution in [2.24, 2.45) is 0 Å². The van der Waals surface area contributed by atoms with Gasteiger partial charge in [-0.2, -0.15) is 0 Å². The van der Waals surface area contributed by atoms with Crippen LogP contribution in [0.4, 0.5) is 0 Å². The summed E-state index contributed by atoms with van der Waals surface area (Å²) in [7, 11) is 0. The summed E-state index contributed by atoms with van der Waals surface area (Å²) in [6.45, 7) is 2.76. The Hall–Kier alpha value is -3.68. The van der Waals surface area contributed by atoms with E-state index in [1.54, 1.807) is 11.3 Å². The number of aromatic amines is 2. The molecule has 170 valence electrons. The van der Waals surface area contributed by atoms with Gasteiger partial charge in [0, 0.05) is 43.2 Å². The molecule has 0 fully saturated rings. The van der Waals surface area contributed by atoms with Crippen molar-refractivity contribution >= 4 is 22.2 Å². The number of nitrogens with one attached hydrogen (secondary N) is 2. The molecule has 0 radical (unpaired) electrons. The van der Waals surface area contributed by atoms with E-state index >= 15 is 0 Å². The molecule has 0 saturated heterocycles. The van der Waals surface area contributed by atoms with Crippen LogP contribution in [0.25, 0.3) is 21.6 Å². The van der Waals surface area contributed by atoms with E-state index < -0.39 is 0 Å². The average Bonchev–Trinajstić information content (AvgIpc) is 3.54. The molecule has 6 rings (SSSR count). The van der Waals surface area contributed by atoms with Crippen LogP contribution in [0, 0.1) is 0 Å². The molecule has 0 saturated carbocycles. The molecule has 2 N–H and O–H groups in total. The summed E-state index contributed by atoms with van der Waals surface area (Å²) in [6.07, 6.45) is 2.83. The maximum atomic E-state index is 12.8. The lowest BCUT2D eigenvalue weighted by molar-refractivity contribution is 0.242. The van der Waals surface area contributed by atoms with Gasteiger partial charge < -0.3 is 14.7 Å². The van der Waals surface area contributed by atoms with Crippen LogP contribution in [-0.2, 0) is 26.1 Å². The van der Waals surface area contributed by atoms with E-state index in [1.165, 1.54) is 5.56 Å². The van der Waals surface area contributed by atoms with E-state index in [-0.39, 0.29) is 5.56 Å². The third kappa shape index (κ3) is 4.16. The summed E-state index contributed by atoms with van der Waals surface area (Å²) in [5, 5.41) is 3.15. The zero-order valence-corrected chi connectivity index (χ0v) is 19.4. The highest BCUT2D eigenvalue weighted by atomic mass is 32.1. The fourth-order valence-electron chi connectivity index (χ4n) is 4.51. The minimum absolute atomic E-state index is 0.0337. The summed E-state index contributed by atoms with van der Waals surface area (Å²) >= 11 is 1.59. The molecule has 0 atom stereocenters. The molecule has 34 heavy (non-hydrogen) atoms. The number of fused-ring (bicyclic) bond motifs is 2. The quantitative estimate of drug-likeness (QED) is 0.363. The van der Waals surface area contributed by atoms with E-state index in [2.05, 4.69) is 45.3 Å². The van der Waals surface area contributed by atoms with Gasteiger partial charge in [0.05, 0.1) is 16.1 Å². The van der Waals surface area contributed by atoms with Crippen LogP contribution in [0.5, 0.6) is 5.75 Å². The van der Waals surface area contributed by atoms with Crippen molar-refractivity contribution in [3.05, 3.63) is 105 Å². The average molecular weight is 469 g/mol. The van der Waals surface area contributed by atoms with Crippen molar-refractivity contribution < 1.29 is 4.74 Å². The van der Waals surface area contributed by atoms with Crippen LogP contribution >= 0.6 is 11.3 Å². The number of thiophene rings is 1. The van der Waals surface area contributed by atoms with Gasteiger partial charge in [0.15, 0.2) is 5.82 Å². The van der Waals surface area contributed by atoms with Crippen molar-refractivity contribution in [2.75, 3.05) is 6.54 Å². The summed E-state index contributed by atoms with van der Waals surface area (Å²) < 4.78 is 6.04. The van der Waals surface area contributed by atoms with E-state index in [0.29, 0.717) is 19.0 Å². The van der Waals surface area contributed by atoms with Crippen molar-refractivity contribution in [1.29, 1.82) is 0 Å². The molecule has 5 aromatic rings. The SMILES string of the molecule is O=c1[nH]c(-c2cccs2)nc2c1CN(Cc1c[nH]c3ccc(OCc4ccccc4)cc13)CC2. The zero-order valence-electron chi connectivity index (χ0n) is 18.6. The maximum Gasteiger partial charge on any atom is 0.255 e. The van der Waals surface area contributed by atoms with Crippen LogP contribution < -0.4 is 10.3 Å². The molecule has 0 spiro atoms. The van der Waals surface area contributed by atoms with E-state index in [9.17, 15) is 4.79 Å². The number of hydrogen-bond acceptors (Lipinski definition) is 5. The van der Waals surface area contributed by atoms with Gasteiger partial charge in [-0.05, 0) is 40.8 Å². The molecule has 1 aliphatic rings. The number of aromatic nitrogens is 3. The fraction of sp³-hybridized carbons (Fsp3) is 0.185.